The molecule has 4 heteroatoms. The van der Waals surface area contributed by atoms with E-state index in [9.17, 15) is 4.79 Å². The molecule has 3 nitrogen and oxygen atoms in total. The topological polar surface area (TPSA) is 38.3 Å². The summed E-state index contributed by atoms with van der Waals surface area (Å²) in [6.07, 6.45) is 1.45. The predicted octanol–water partition coefficient (Wildman–Crippen LogP) is 3.17. The number of esters is 1. The fraction of sp³-hybridized carbons (Fsp3) is 0.250. The second-order valence-corrected chi connectivity index (χ2v) is 4.46. The number of nitrogens with one attached hydrogen (secondary N) is 1. The first-order chi connectivity index (χ1) is 7.61. The SMILES string of the molecule is CCOC(=O)C=C(C)Nc1cccc(I)c1. The van der Waals surface area contributed by atoms with Crippen LogP contribution in [0.15, 0.2) is 36.0 Å². The van der Waals surface area contributed by atoms with Gasteiger partial charge in [0.1, 0.15) is 0 Å². The van der Waals surface area contributed by atoms with E-state index in [1.165, 1.54) is 6.08 Å². The van der Waals surface area contributed by atoms with Gasteiger partial charge in [-0.05, 0) is 54.6 Å². The molecule has 0 saturated heterocycles. The minimum absolute atomic E-state index is 0.321. The number of halogens is 1. The van der Waals surface area contributed by atoms with Crippen LogP contribution in [0, 0.1) is 3.57 Å². The average molecular weight is 331 g/mol. The van der Waals surface area contributed by atoms with E-state index in [1.54, 1.807) is 6.92 Å². The first-order valence-electron chi connectivity index (χ1n) is 4.99. The summed E-state index contributed by atoms with van der Waals surface area (Å²) in [5.41, 5.74) is 1.73. The van der Waals surface area contributed by atoms with Crippen LogP contribution in [0.2, 0.25) is 0 Å². The molecule has 0 fully saturated rings. The molecule has 0 amide bonds. The number of carbonyl (C=O) groups is 1. The van der Waals surface area contributed by atoms with Gasteiger partial charge in [0.15, 0.2) is 0 Å². The Balaban J connectivity index is 2.63. The number of carbonyl (C=O) groups excluding carboxylic acids is 1. The van der Waals surface area contributed by atoms with Crippen LogP contribution in [0.25, 0.3) is 0 Å². The highest BCUT2D eigenvalue weighted by Gasteiger charge is 1.98. The van der Waals surface area contributed by atoms with Crippen molar-refractivity contribution in [1.29, 1.82) is 0 Å². The Morgan fingerprint density at radius 2 is 2.31 bits per heavy atom. The van der Waals surface area contributed by atoms with Crippen molar-refractivity contribution in [3.8, 4) is 0 Å². The maximum absolute atomic E-state index is 11.2. The van der Waals surface area contributed by atoms with Crippen molar-refractivity contribution in [3.63, 3.8) is 0 Å². The lowest BCUT2D eigenvalue weighted by Gasteiger charge is -2.06. The molecular formula is C12H14INO2. The van der Waals surface area contributed by atoms with Gasteiger partial charge in [-0.25, -0.2) is 4.79 Å². The van der Waals surface area contributed by atoms with Gasteiger partial charge >= 0.3 is 5.97 Å². The van der Waals surface area contributed by atoms with Crippen molar-refractivity contribution in [3.05, 3.63) is 39.6 Å². The molecule has 0 aromatic heterocycles. The predicted molar refractivity (Wildman–Crippen MR) is 73.2 cm³/mol. The van der Waals surface area contributed by atoms with Gasteiger partial charge in [0.25, 0.3) is 0 Å². The molecule has 0 unspecified atom stereocenters. The zero-order chi connectivity index (χ0) is 12.0. The monoisotopic (exact) mass is 331 g/mol. The average Bonchev–Trinajstić information content (AvgIpc) is 2.17. The summed E-state index contributed by atoms with van der Waals surface area (Å²) in [6, 6.07) is 7.92. The van der Waals surface area contributed by atoms with E-state index in [4.69, 9.17) is 4.74 Å². The van der Waals surface area contributed by atoms with Crippen LogP contribution in [0.4, 0.5) is 5.69 Å². The molecular weight excluding hydrogens is 317 g/mol. The van der Waals surface area contributed by atoms with Crippen LogP contribution in [0.5, 0.6) is 0 Å². The lowest BCUT2D eigenvalue weighted by Crippen LogP contribution is -2.04. The molecule has 0 bridgehead atoms. The highest BCUT2D eigenvalue weighted by atomic mass is 127. The summed E-state index contributed by atoms with van der Waals surface area (Å²) in [5.74, 6) is -0.321. The molecule has 0 saturated carbocycles. The van der Waals surface area contributed by atoms with Gasteiger partial charge in [-0.3, -0.25) is 0 Å². The van der Waals surface area contributed by atoms with Crippen molar-refractivity contribution >= 4 is 34.2 Å². The molecule has 0 aliphatic carbocycles. The highest BCUT2D eigenvalue weighted by molar-refractivity contribution is 14.1. The van der Waals surface area contributed by atoms with Gasteiger partial charge in [-0.15, -0.1) is 0 Å². The van der Waals surface area contributed by atoms with Crippen molar-refractivity contribution < 1.29 is 9.53 Å². The Morgan fingerprint density at radius 1 is 1.56 bits per heavy atom. The molecule has 0 spiro atoms. The number of hydrogen-bond donors (Lipinski definition) is 1. The van der Waals surface area contributed by atoms with E-state index in [1.807, 2.05) is 31.2 Å². The molecule has 1 rings (SSSR count). The van der Waals surface area contributed by atoms with Crippen LogP contribution < -0.4 is 5.32 Å². The molecule has 1 aromatic rings. The lowest BCUT2D eigenvalue weighted by atomic mass is 10.3. The van der Waals surface area contributed by atoms with E-state index in [2.05, 4.69) is 27.9 Å². The van der Waals surface area contributed by atoms with Gasteiger partial charge in [0.2, 0.25) is 0 Å². The van der Waals surface area contributed by atoms with Crippen molar-refractivity contribution in [2.75, 3.05) is 11.9 Å². The smallest absolute Gasteiger partial charge is 0.332 e. The molecule has 1 aromatic carbocycles. The first-order valence-corrected chi connectivity index (χ1v) is 6.07. The quantitative estimate of drug-likeness (QED) is 0.523. The number of hydrogen-bond acceptors (Lipinski definition) is 3. The van der Waals surface area contributed by atoms with Gasteiger partial charge in [0.05, 0.1) is 6.61 Å². The van der Waals surface area contributed by atoms with Gasteiger partial charge in [-0.1, -0.05) is 6.07 Å². The summed E-state index contributed by atoms with van der Waals surface area (Å²) in [6.45, 7) is 4.01. The number of ether oxygens (including phenoxy) is 1. The third-order valence-electron chi connectivity index (χ3n) is 1.79. The van der Waals surface area contributed by atoms with E-state index in [0.29, 0.717) is 6.61 Å². The van der Waals surface area contributed by atoms with E-state index in [-0.39, 0.29) is 5.97 Å². The third kappa shape index (κ3) is 4.65. The maximum atomic E-state index is 11.2. The van der Waals surface area contributed by atoms with Gasteiger partial charge in [-0.2, -0.15) is 0 Å². The summed E-state index contributed by atoms with van der Waals surface area (Å²) in [4.78, 5) is 11.2. The van der Waals surface area contributed by atoms with Crippen molar-refractivity contribution in [1.82, 2.24) is 0 Å². The maximum Gasteiger partial charge on any atom is 0.332 e. The molecule has 0 heterocycles. The van der Waals surface area contributed by atoms with Crippen LogP contribution in [-0.4, -0.2) is 12.6 Å². The molecule has 0 aliphatic heterocycles. The van der Waals surface area contributed by atoms with E-state index < -0.39 is 0 Å². The molecule has 0 atom stereocenters. The molecule has 1 N–H and O–H groups in total. The number of rotatable bonds is 4. The summed E-state index contributed by atoms with van der Waals surface area (Å²) < 4.78 is 5.96. The second kappa shape index (κ2) is 6.52. The van der Waals surface area contributed by atoms with Crippen LogP contribution in [0.3, 0.4) is 0 Å². The highest BCUT2D eigenvalue weighted by Crippen LogP contribution is 2.14. The van der Waals surface area contributed by atoms with Crippen molar-refractivity contribution in [2.24, 2.45) is 0 Å². The number of allylic oxidation sites excluding steroid dienone is 1. The normalized spacial score (nSPS) is 11.1. The van der Waals surface area contributed by atoms with Crippen LogP contribution in [0.1, 0.15) is 13.8 Å². The van der Waals surface area contributed by atoms with Gasteiger partial charge in [0, 0.05) is 21.0 Å². The minimum atomic E-state index is -0.321. The van der Waals surface area contributed by atoms with Crippen LogP contribution >= 0.6 is 22.6 Å². The Morgan fingerprint density at radius 3 is 2.94 bits per heavy atom. The zero-order valence-electron chi connectivity index (χ0n) is 9.29. The third-order valence-corrected chi connectivity index (χ3v) is 2.46. The molecule has 86 valence electrons. The van der Waals surface area contributed by atoms with Crippen LogP contribution in [-0.2, 0) is 9.53 Å². The zero-order valence-corrected chi connectivity index (χ0v) is 11.4. The fourth-order valence-corrected chi connectivity index (χ4v) is 1.73. The lowest BCUT2D eigenvalue weighted by molar-refractivity contribution is -0.137. The van der Waals surface area contributed by atoms with Crippen molar-refractivity contribution in [2.45, 2.75) is 13.8 Å². The second-order valence-electron chi connectivity index (χ2n) is 3.21. The standard InChI is InChI=1S/C12H14INO2/c1-3-16-12(15)7-9(2)14-11-6-4-5-10(13)8-11/h4-8,14H,3H2,1-2H3. The summed E-state index contributed by atoms with van der Waals surface area (Å²) in [7, 11) is 0. The first kappa shape index (κ1) is 13.0. The Kier molecular flexibility index (Phi) is 5.31. The summed E-state index contributed by atoms with van der Waals surface area (Å²) >= 11 is 2.24. The Hall–Kier alpha value is -1.04. The Bertz CT molecular complexity index is 402. The molecule has 0 radical (unpaired) electrons. The molecule has 0 aliphatic rings. The van der Waals surface area contributed by atoms with E-state index in [0.717, 1.165) is 15.0 Å². The van der Waals surface area contributed by atoms with E-state index >= 15 is 0 Å². The number of benzene rings is 1. The fourth-order valence-electron chi connectivity index (χ4n) is 1.19. The molecule has 16 heavy (non-hydrogen) atoms. The largest absolute Gasteiger partial charge is 0.463 e. The number of anilines is 1. The van der Waals surface area contributed by atoms with Gasteiger partial charge < -0.3 is 10.1 Å². The Labute approximate surface area is 109 Å². The minimum Gasteiger partial charge on any atom is -0.463 e. The summed E-state index contributed by atoms with van der Waals surface area (Å²) in [5, 5.41) is 3.13.